The summed E-state index contributed by atoms with van der Waals surface area (Å²) in [5.74, 6) is -0.862. The fourth-order valence-corrected chi connectivity index (χ4v) is 6.33. The SMILES string of the molecule is CN(C)C1(c2ccccc2)CCC2(CC1)CN(CC(C)(C)C(=O)O)C(O)N2CC1(O)CCC1. The highest BCUT2D eigenvalue weighted by Gasteiger charge is 2.57. The minimum Gasteiger partial charge on any atom is -0.481 e. The second-order valence-corrected chi connectivity index (χ2v) is 11.7. The van der Waals surface area contributed by atoms with Crippen LogP contribution in [-0.2, 0) is 10.3 Å². The van der Waals surface area contributed by atoms with Gasteiger partial charge in [-0.1, -0.05) is 30.3 Å². The molecule has 3 aliphatic rings. The van der Waals surface area contributed by atoms with Crippen LogP contribution in [0.1, 0.15) is 64.4 Å². The van der Waals surface area contributed by atoms with Crippen molar-refractivity contribution < 1.29 is 20.1 Å². The Labute approximate surface area is 198 Å². The van der Waals surface area contributed by atoms with E-state index in [1.165, 1.54) is 5.56 Å². The molecule has 2 aliphatic carbocycles. The lowest BCUT2D eigenvalue weighted by Crippen LogP contribution is -2.60. The highest BCUT2D eigenvalue weighted by atomic mass is 16.4. The van der Waals surface area contributed by atoms with Gasteiger partial charge in [0.1, 0.15) is 0 Å². The minimum absolute atomic E-state index is 0.0652. The quantitative estimate of drug-likeness (QED) is 0.578. The predicted octanol–water partition coefficient (Wildman–Crippen LogP) is 2.68. The highest BCUT2D eigenvalue weighted by molar-refractivity contribution is 5.73. The van der Waals surface area contributed by atoms with Crippen LogP contribution in [0.15, 0.2) is 30.3 Å². The number of carbonyl (C=O) groups is 1. The number of carboxylic acid groups (broad SMARTS) is 1. The van der Waals surface area contributed by atoms with Gasteiger partial charge in [0.15, 0.2) is 6.35 Å². The first kappa shape index (κ1) is 24.6. The maximum absolute atomic E-state index is 11.8. The van der Waals surface area contributed by atoms with E-state index in [4.69, 9.17) is 0 Å². The molecule has 2 saturated carbocycles. The first-order valence-corrected chi connectivity index (χ1v) is 12.3. The zero-order chi connectivity index (χ0) is 24.1. The summed E-state index contributed by atoms with van der Waals surface area (Å²) >= 11 is 0. The van der Waals surface area contributed by atoms with Crippen molar-refractivity contribution in [2.75, 3.05) is 33.7 Å². The summed E-state index contributed by atoms with van der Waals surface area (Å²) in [7, 11) is 4.29. The van der Waals surface area contributed by atoms with Gasteiger partial charge in [-0.2, -0.15) is 0 Å². The van der Waals surface area contributed by atoms with Crippen LogP contribution >= 0.6 is 0 Å². The summed E-state index contributed by atoms with van der Waals surface area (Å²) in [5, 5.41) is 32.1. The predicted molar refractivity (Wildman–Crippen MR) is 128 cm³/mol. The van der Waals surface area contributed by atoms with Crippen LogP contribution in [0.2, 0.25) is 0 Å². The molecule has 1 aliphatic heterocycles. The molecular weight excluding hydrogens is 418 g/mol. The molecule has 1 saturated heterocycles. The van der Waals surface area contributed by atoms with Crippen LogP contribution in [0, 0.1) is 5.41 Å². The molecule has 33 heavy (non-hydrogen) atoms. The Bertz CT molecular complexity index is 844. The van der Waals surface area contributed by atoms with Gasteiger partial charge < -0.3 is 15.3 Å². The van der Waals surface area contributed by atoms with Crippen LogP contribution in [-0.4, -0.2) is 87.2 Å². The third-order valence-electron chi connectivity index (χ3n) is 8.81. The van der Waals surface area contributed by atoms with E-state index < -0.39 is 23.3 Å². The Morgan fingerprint density at radius 3 is 2.18 bits per heavy atom. The third kappa shape index (κ3) is 4.34. The van der Waals surface area contributed by atoms with Crippen LogP contribution < -0.4 is 0 Å². The third-order valence-corrected chi connectivity index (χ3v) is 8.81. The molecule has 7 heteroatoms. The van der Waals surface area contributed by atoms with Gasteiger partial charge in [-0.25, -0.2) is 0 Å². The molecule has 1 unspecified atom stereocenters. The topological polar surface area (TPSA) is 87.5 Å². The summed E-state index contributed by atoms with van der Waals surface area (Å²) in [6, 6.07) is 10.7. The van der Waals surface area contributed by atoms with Crippen LogP contribution in [0.4, 0.5) is 0 Å². The number of aliphatic carboxylic acids is 1. The number of hydrogen-bond donors (Lipinski definition) is 3. The van der Waals surface area contributed by atoms with Crippen molar-refractivity contribution in [3.8, 4) is 0 Å². The second-order valence-electron chi connectivity index (χ2n) is 11.7. The summed E-state index contributed by atoms with van der Waals surface area (Å²) < 4.78 is 0. The van der Waals surface area contributed by atoms with Crippen molar-refractivity contribution in [2.24, 2.45) is 5.41 Å². The van der Waals surface area contributed by atoms with E-state index in [9.17, 15) is 20.1 Å². The highest BCUT2D eigenvalue weighted by Crippen LogP contribution is 2.50. The molecule has 4 rings (SSSR count). The molecule has 0 radical (unpaired) electrons. The molecular formula is C26H41N3O4. The Balaban J connectivity index is 1.61. The van der Waals surface area contributed by atoms with E-state index in [2.05, 4.69) is 48.2 Å². The van der Waals surface area contributed by atoms with Gasteiger partial charge in [-0.05, 0) is 78.5 Å². The van der Waals surface area contributed by atoms with Crippen molar-refractivity contribution in [3.05, 3.63) is 35.9 Å². The van der Waals surface area contributed by atoms with Crippen molar-refractivity contribution in [1.29, 1.82) is 0 Å². The molecule has 184 valence electrons. The maximum atomic E-state index is 11.8. The number of hydrogen-bond acceptors (Lipinski definition) is 6. The van der Waals surface area contributed by atoms with E-state index in [0.29, 0.717) is 13.1 Å². The van der Waals surface area contributed by atoms with Gasteiger partial charge in [0.2, 0.25) is 0 Å². The van der Waals surface area contributed by atoms with Crippen molar-refractivity contribution in [1.82, 2.24) is 14.7 Å². The summed E-state index contributed by atoms with van der Waals surface area (Å²) in [4.78, 5) is 18.2. The summed E-state index contributed by atoms with van der Waals surface area (Å²) in [5.41, 5.74) is -0.728. The Morgan fingerprint density at radius 2 is 1.70 bits per heavy atom. The Morgan fingerprint density at radius 1 is 1.09 bits per heavy atom. The monoisotopic (exact) mass is 459 g/mol. The van der Waals surface area contributed by atoms with Crippen LogP contribution in [0.5, 0.6) is 0 Å². The molecule has 7 nitrogen and oxygen atoms in total. The van der Waals surface area contributed by atoms with E-state index >= 15 is 0 Å². The van der Waals surface area contributed by atoms with Gasteiger partial charge in [0.25, 0.3) is 0 Å². The molecule has 1 atom stereocenters. The minimum atomic E-state index is -0.961. The van der Waals surface area contributed by atoms with Crippen molar-refractivity contribution in [3.63, 3.8) is 0 Å². The number of benzene rings is 1. The summed E-state index contributed by atoms with van der Waals surface area (Å²) in [6.07, 6.45) is 5.33. The molecule has 3 fully saturated rings. The first-order chi connectivity index (χ1) is 15.4. The fourth-order valence-electron chi connectivity index (χ4n) is 6.33. The number of aliphatic hydroxyl groups excluding tert-OH is 1. The molecule has 0 aromatic heterocycles. The van der Waals surface area contributed by atoms with Gasteiger partial charge in [-0.15, -0.1) is 0 Å². The van der Waals surface area contributed by atoms with Crippen LogP contribution in [0.25, 0.3) is 0 Å². The van der Waals surface area contributed by atoms with Gasteiger partial charge in [0, 0.05) is 30.7 Å². The van der Waals surface area contributed by atoms with Crippen LogP contribution in [0.3, 0.4) is 0 Å². The van der Waals surface area contributed by atoms with Gasteiger partial charge >= 0.3 is 5.97 Å². The molecule has 1 aromatic carbocycles. The van der Waals surface area contributed by atoms with Crippen molar-refractivity contribution in [2.45, 2.75) is 81.8 Å². The molecule has 1 spiro atoms. The number of β-amino-alcohol motifs (C(OH)–C–C–N with tert-alkyl or cyclic N) is 1. The lowest BCUT2D eigenvalue weighted by atomic mass is 9.67. The molecule has 0 bridgehead atoms. The Kier molecular flexibility index (Phi) is 6.42. The lowest BCUT2D eigenvalue weighted by molar-refractivity contribution is -0.157. The average Bonchev–Trinajstić information content (AvgIpc) is 2.98. The number of aliphatic hydroxyl groups is 2. The number of nitrogens with zero attached hydrogens (tertiary/aromatic N) is 3. The molecule has 1 heterocycles. The smallest absolute Gasteiger partial charge is 0.310 e. The number of carboxylic acids is 1. The molecule has 3 N–H and O–H groups in total. The standard InChI is InChI=1S/C26H41N3O4/c1-23(2,21(30)31)17-28-18-24(29(22(28)32)19-25(33)11-8-12-25)13-15-26(16-14-24,27(3)4)20-9-6-5-7-10-20/h5-7,9-10,22,32-33H,8,11-19H2,1-4H3,(H,30,31). The average molecular weight is 460 g/mol. The fraction of sp³-hybridized carbons (Fsp3) is 0.731. The largest absolute Gasteiger partial charge is 0.481 e. The van der Waals surface area contributed by atoms with Gasteiger partial charge in [-0.3, -0.25) is 19.5 Å². The van der Waals surface area contributed by atoms with E-state index in [0.717, 1.165) is 44.9 Å². The maximum Gasteiger partial charge on any atom is 0.310 e. The zero-order valence-corrected chi connectivity index (χ0v) is 20.6. The number of rotatable bonds is 7. The van der Waals surface area contributed by atoms with E-state index in [1.54, 1.807) is 13.8 Å². The second kappa shape index (κ2) is 8.61. The lowest BCUT2D eigenvalue weighted by Gasteiger charge is -2.53. The Hall–Kier alpha value is -1.51. The van der Waals surface area contributed by atoms with Crippen molar-refractivity contribution >= 4 is 5.97 Å². The van der Waals surface area contributed by atoms with E-state index in [1.807, 2.05) is 11.0 Å². The van der Waals surface area contributed by atoms with E-state index in [-0.39, 0.29) is 17.6 Å². The first-order valence-electron chi connectivity index (χ1n) is 12.3. The summed E-state index contributed by atoms with van der Waals surface area (Å²) in [6.45, 7) is 4.77. The molecule has 0 amide bonds. The van der Waals surface area contributed by atoms with Gasteiger partial charge in [0.05, 0.1) is 11.0 Å². The molecule has 1 aromatic rings. The zero-order valence-electron chi connectivity index (χ0n) is 20.6. The normalized spacial score (nSPS) is 32.9.